The topological polar surface area (TPSA) is 38.8 Å². The molecule has 0 fully saturated rings. The van der Waals surface area contributed by atoms with Crippen LogP contribution in [0, 0.1) is 0 Å². The van der Waals surface area contributed by atoms with E-state index in [0.29, 0.717) is 13.2 Å². The zero-order valence-electron chi connectivity index (χ0n) is 14.9. The number of carbonyl (C=O) groups excluding carboxylic acids is 1. The minimum Gasteiger partial charge on any atom is -0.490 e. The standard InChI is InChI=1S/C21H23NO3S/c1-15(21(23)22-11-4-7-16-6-2-3-8-18(16)22)26-17-9-10-19-20(14-17)25-13-5-12-24-19/h2-3,6,8-10,14-15H,4-5,7,11-13H2,1H3. The van der Waals surface area contributed by atoms with Crippen LogP contribution in [-0.4, -0.2) is 30.9 Å². The first kappa shape index (κ1) is 17.3. The molecule has 0 bridgehead atoms. The van der Waals surface area contributed by atoms with E-state index >= 15 is 0 Å². The SMILES string of the molecule is CC(Sc1ccc2c(c1)OCCCO2)C(=O)N1CCCc2ccccc21. The third-order valence-corrected chi connectivity index (χ3v) is 5.84. The Morgan fingerprint density at radius 1 is 1.08 bits per heavy atom. The third-order valence-electron chi connectivity index (χ3n) is 4.76. The van der Waals surface area contributed by atoms with Gasteiger partial charge in [0, 0.05) is 23.5 Å². The summed E-state index contributed by atoms with van der Waals surface area (Å²) >= 11 is 1.57. The second-order valence-corrected chi connectivity index (χ2v) is 8.06. The van der Waals surface area contributed by atoms with Gasteiger partial charge in [-0.1, -0.05) is 18.2 Å². The number of anilines is 1. The number of thioether (sulfide) groups is 1. The molecule has 0 radical (unpaired) electrons. The van der Waals surface area contributed by atoms with Crippen molar-refractivity contribution in [3.8, 4) is 11.5 Å². The van der Waals surface area contributed by atoms with Crippen molar-refractivity contribution >= 4 is 23.4 Å². The lowest BCUT2D eigenvalue weighted by Gasteiger charge is -2.31. The molecule has 2 heterocycles. The summed E-state index contributed by atoms with van der Waals surface area (Å²) < 4.78 is 11.4. The van der Waals surface area contributed by atoms with Gasteiger partial charge in [-0.25, -0.2) is 0 Å². The molecule has 2 aliphatic rings. The highest BCUT2D eigenvalue weighted by molar-refractivity contribution is 8.00. The summed E-state index contributed by atoms with van der Waals surface area (Å²) in [4.78, 5) is 16.0. The number of ether oxygens (including phenoxy) is 2. The summed E-state index contributed by atoms with van der Waals surface area (Å²) in [7, 11) is 0. The monoisotopic (exact) mass is 369 g/mol. The second-order valence-electron chi connectivity index (χ2n) is 6.64. The number of hydrogen-bond donors (Lipinski definition) is 0. The van der Waals surface area contributed by atoms with E-state index in [1.807, 2.05) is 42.2 Å². The highest BCUT2D eigenvalue weighted by Crippen LogP contribution is 2.36. The van der Waals surface area contributed by atoms with Crippen LogP contribution in [0.3, 0.4) is 0 Å². The number of amides is 1. The van der Waals surface area contributed by atoms with Crippen molar-refractivity contribution in [1.82, 2.24) is 0 Å². The van der Waals surface area contributed by atoms with Gasteiger partial charge in [0.2, 0.25) is 5.91 Å². The predicted molar refractivity (Wildman–Crippen MR) is 104 cm³/mol. The molecule has 0 N–H and O–H groups in total. The van der Waals surface area contributed by atoms with Crippen molar-refractivity contribution in [3.05, 3.63) is 48.0 Å². The van der Waals surface area contributed by atoms with Crippen LogP contribution in [0.4, 0.5) is 5.69 Å². The maximum Gasteiger partial charge on any atom is 0.240 e. The number of hydrogen-bond acceptors (Lipinski definition) is 4. The van der Waals surface area contributed by atoms with Crippen LogP contribution in [0.1, 0.15) is 25.3 Å². The Labute approximate surface area is 158 Å². The Bertz CT molecular complexity index is 808. The average molecular weight is 369 g/mol. The first-order valence-electron chi connectivity index (χ1n) is 9.18. The van der Waals surface area contributed by atoms with E-state index in [-0.39, 0.29) is 11.2 Å². The summed E-state index contributed by atoms with van der Waals surface area (Å²) in [5.41, 5.74) is 2.33. The highest BCUT2D eigenvalue weighted by atomic mass is 32.2. The van der Waals surface area contributed by atoms with Gasteiger partial charge >= 0.3 is 0 Å². The molecule has 0 aromatic heterocycles. The van der Waals surface area contributed by atoms with Crippen LogP contribution in [0.15, 0.2) is 47.4 Å². The molecule has 4 rings (SSSR count). The molecule has 1 atom stereocenters. The summed E-state index contributed by atoms with van der Waals surface area (Å²) in [6.45, 7) is 4.12. The van der Waals surface area contributed by atoms with Crippen LogP contribution >= 0.6 is 11.8 Å². The van der Waals surface area contributed by atoms with Crippen molar-refractivity contribution in [2.45, 2.75) is 36.3 Å². The summed E-state index contributed by atoms with van der Waals surface area (Å²) in [5, 5.41) is -0.161. The molecule has 4 nitrogen and oxygen atoms in total. The molecule has 0 saturated carbocycles. The number of fused-ring (bicyclic) bond motifs is 2. The van der Waals surface area contributed by atoms with Crippen LogP contribution in [-0.2, 0) is 11.2 Å². The number of carbonyl (C=O) groups is 1. The summed E-state index contributed by atoms with van der Waals surface area (Å²) in [6, 6.07) is 14.2. The fourth-order valence-electron chi connectivity index (χ4n) is 3.45. The molecule has 2 aromatic rings. The Morgan fingerprint density at radius 2 is 1.88 bits per heavy atom. The first-order valence-corrected chi connectivity index (χ1v) is 10.1. The van der Waals surface area contributed by atoms with Gasteiger partial charge in [0.25, 0.3) is 0 Å². The van der Waals surface area contributed by atoms with Crippen LogP contribution in [0.5, 0.6) is 11.5 Å². The van der Waals surface area contributed by atoms with Crippen molar-refractivity contribution in [2.75, 3.05) is 24.7 Å². The zero-order valence-corrected chi connectivity index (χ0v) is 15.8. The van der Waals surface area contributed by atoms with Crippen LogP contribution in [0.2, 0.25) is 0 Å². The summed E-state index contributed by atoms with van der Waals surface area (Å²) in [5.74, 6) is 1.72. The van der Waals surface area contributed by atoms with E-state index in [0.717, 1.165) is 47.9 Å². The Kier molecular flexibility index (Phi) is 5.07. The molecule has 5 heteroatoms. The molecule has 1 unspecified atom stereocenters. The van der Waals surface area contributed by atoms with E-state index in [4.69, 9.17) is 9.47 Å². The minimum absolute atomic E-state index is 0.161. The van der Waals surface area contributed by atoms with Crippen molar-refractivity contribution in [3.63, 3.8) is 0 Å². The fourth-order valence-corrected chi connectivity index (χ4v) is 4.41. The molecule has 1 amide bonds. The van der Waals surface area contributed by atoms with Gasteiger partial charge in [-0.3, -0.25) is 4.79 Å². The Morgan fingerprint density at radius 3 is 2.77 bits per heavy atom. The van der Waals surface area contributed by atoms with Crippen molar-refractivity contribution < 1.29 is 14.3 Å². The Balaban J connectivity index is 1.49. The molecule has 0 aliphatic carbocycles. The molecule has 2 aromatic carbocycles. The fraction of sp³-hybridized carbons (Fsp3) is 0.381. The highest BCUT2D eigenvalue weighted by Gasteiger charge is 2.27. The van der Waals surface area contributed by atoms with Crippen LogP contribution in [0.25, 0.3) is 0 Å². The molecular weight excluding hydrogens is 346 g/mol. The first-order chi connectivity index (χ1) is 12.7. The molecule has 0 spiro atoms. The Hall–Kier alpha value is -2.14. The van der Waals surface area contributed by atoms with Gasteiger partial charge in [0.05, 0.1) is 18.5 Å². The molecule has 136 valence electrons. The maximum atomic E-state index is 13.1. The largest absolute Gasteiger partial charge is 0.490 e. The van der Waals surface area contributed by atoms with Gasteiger partial charge in [-0.05, 0) is 49.6 Å². The number of para-hydroxylation sites is 1. The van der Waals surface area contributed by atoms with Gasteiger partial charge in [-0.2, -0.15) is 0 Å². The third kappa shape index (κ3) is 3.54. The number of aryl methyl sites for hydroxylation is 1. The molecule has 2 aliphatic heterocycles. The normalized spacial score (nSPS) is 17.2. The van der Waals surface area contributed by atoms with Gasteiger partial charge in [0.15, 0.2) is 11.5 Å². The molecule has 26 heavy (non-hydrogen) atoms. The van der Waals surface area contributed by atoms with E-state index in [1.54, 1.807) is 11.8 Å². The predicted octanol–water partition coefficient (Wildman–Crippen LogP) is 4.31. The van der Waals surface area contributed by atoms with E-state index < -0.39 is 0 Å². The van der Waals surface area contributed by atoms with Crippen molar-refractivity contribution in [1.29, 1.82) is 0 Å². The quantitative estimate of drug-likeness (QED) is 0.756. The van der Waals surface area contributed by atoms with Gasteiger partial charge in [-0.15, -0.1) is 11.8 Å². The second kappa shape index (κ2) is 7.62. The average Bonchev–Trinajstić information content (AvgIpc) is 2.92. The van der Waals surface area contributed by atoms with Gasteiger partial charge < -0.3 is 14.4 Å². The summed E-state index contributed by atoms with van der Waals surface area (Å²) in [6.07, 6.45) is 2.95. The van der Waals surface area contributed by atoms with E-state index in [1.165, 1.54) is 5.56 Å². The van der Waals surface area contributed by atoms with Crippen molar-refractivity contribution in [2.24, 2.45) is 0 Å². The molecule has 0 saturated heterocycles. The lowest BCUT2D eigenvalue weighted by Crippen LogP contribution is -2.40. The van der Waals surface area contributed by atoms with E-state index in [9.17, 15) is 4.79 Å². The zero-order chi connectivity index (χ0) is 17.9. The minimum atomic E-state index is -0.161. The number of rotatable bonds is 3. The number of nitrogens with zero attached hydrogens (tertiary/aromatic N) is 1. The van der Waals surface area contributed by atoms with Gasteiger partial charge in [0.1, 0.15) is 0 Å². The smallest absolute Gasteiger partial charge is 0.240 e. The number of benzene rings is 2. The lowest BCUT2D eigenvalue weighted by atomic mass is 10.0. The maximum absolute atomic E-state index is 13.1. The molecular formula is C21H23NO3S. The van der Waals surface area contributed by atoms with Crippen LogP contribution < -0.4 is 14.4 Å². The van der Waals surface area contributed by atoms with E-state index in [2.05, 4.69) is 12.1 Å². The lowest BCUT2D eigenvalue weighted by molar-refractivity contribution is -0.117.